The van der Waals surface area contributed by atoms with Gasteiger partial charge in [0.15, 0.2) is 0 Å². The first-order chi connectivity index (χ1) is 8.99. The summed E-state index contributed by atoms with van der Waals surface area (Å²) in [4.78, 5) is 0. The molecule has 2 aliphatic rings. The maximum Gasteiger partial charge on any atom is 0.214 e. The standard InChI is InChI=1S/C13H26N2O3S.ClH/c14-13(7-3-1-2-4-8-13)11-15-19(16,17)10-12-6-5-9-18-12;/h12,15H,1-11,14H2;1H. The maximum atomic E-state index is 12.0. The average Bonchev–Trinajstić information content (AvgIpc) is 2.74. The average molecular weight is 327 g/mol. The lowest BCUT2D eigenvalue weighted by Gasteiger charge is -2.28. The number of hydrogen-bond acceptors (Lipinski definition) is 4. The molecule has 2 fully saturated rings. The van der Waals surface area contributed by atoms with Crippen LogP contribution in [0.15, 0.2) is 0 Å². The fourth-order valence-electron chi connectivity index (χ4n) is 2.94. The van der Waals surface area contributed by atoms with Gasteiger partial charge in [-0.15, -0.1) is 12.4 Å². The van der Waals surface area contributed by atoms with E-state index in [0.717, 1.165) is 38.5 Å². The third-order valence-corrected chi connectivity index (χ3v) is 5.57. The molecule has 1 heterocycles. The molecule has 1 saturated heterocycles. The molecule has 1 saturated carbocycles. The first-order valence-electron chi connectivity index (χ1n) is 7.37. The van der Waals surface area contributed by atoms with E-state index in [2.05, 4.69) is 4.72 Å². The second-order valence-electron chi connectivity index (χ2n) is 6.01. The van der Waals surface area contributed by atoms with Gasteiger partial charge in [-0.25, -0.2) is 13.1 Å². The molecule has 1 unspecified atom stereocenters. The Morgan fingerprint density at radius 2 is 1.80 bits per heavy atom. The maximum absolute atomic E-state index is 12.0. The Kier molecular flexibility index (Phi) is 7.21. The second kappa shape index (κ2) is 7.94. The zero-order valence-electron chi connectivity index (χ0n) is 12.0. The molecular formula is C13H27ClN2O3S. The van der Waals surface area contributed by atoms with Crippen molar-refractivity contribution >= 4 is 22.4 Å². The van der Waals surface area contributed by atoms with Gasteiger partial charge in [-0.2, -0.15) is 0 Å². The molecule has 1 atom stereocenters. The van der Waals surface area contributed by atoms with Crippen molar-refractivity contribution in [3.63, 3.8) is 0 Å². The van der Waals surface area contributed by atoms with Gasteiger partial charge in [0, 0.05) is 18.7 Å². The van der Waals surface area contributed by atoms with E-state index in [-0.39, 0.29) is 29.8 Å². The number of ether oxygens (including phenoxy) is 1. The second-order valence-corrected chi connectivity index (χ2v) is 7.87. The summed E-state index contributed by atoms with van der Waals surface area (Å²) in [5.41, 5.74) is 5.96. The lowest BCUT2D eigenvalue weighted by atomic mass is 9.92. The number of sulfonamides is 1. The Morgan fingerprint density at radius 3 is 2.35 bits per heavy atom. The molecule has 0 aromatic heterocycles. The Morgan fingerprint density at radius 1 is 1.15 bits per heavy atom. The van der Waals surface area contributed by atoms with Crippen LogP contribution in [0.1, 0.15) is 51.4 Å². The molecule has 1 aliphatic carbocycles. The molecule has 7 heteroatoms. The van der Waals surface area contributed by atoms with Crippen molar-refractivity contribution in [1.82, 2.24) is 4.72 Å². The number of nitrogens with two attached hydrogens (primary N) is 1. The Labute approximate surface area is 128 Å². The van der Waals surface area contributed by atoms with Gasteiger partial charge >= 0.3 is 0 Å². The van der Waals surface area contributed by atoms with Gasteiger partial charge in [-0.05, 0) is 25.7 Å². The van der Waals surface area contributed by atoms with Crippen LogP contribution in [0.5, 0.6) is 0 Å². The van der Waals surface area contributed by atoms with Crippen LogP contribution < -0.4 is 10.5 Å². The SMILES string of the molecule is Cl.NC1(CNS(=O)(=O)CC2CCCO2)CCCCCC1. The summed E-state index contributed by atoms with van der Waals surface area (Å²) in [6, 6.07) is 0. The molecular weight excluding hydrogens is 300 g/mol. The van der Waals surface area contributed by atoms with Crippen LogP contribution in [-0.2, 0) is 14.8 Å². The van der Waals surface area contributed by atoms with Crippen LogP contribution in [0.3, 0.4) is 0 Å². The van der Waals surface area contributed by atoms with E-state index in [9.17, 15) is 8.42 Å². The normalized spacial score (nSPS) is 26.8. The molecule has 5 nitrogen and oxygen atoms in total. The molecule has 0 aromatic carbocycles. The molecule has 1 aliphatic heterocycles. The zero-order valence-corrected chi connectivity index (χ0v) is 13.6. The van der Waals surface area contributed by atoms with E-state index in [1.807, 2.05) is 0 Å². The summed E-state index contributed by atoms with van der Waals surface area (Å²) < 4.78 is 32.1. The highest BCUT2D eigenvalue weighted by Crippen LogP contribution is 2.24. The van der Waals surface area contributed by atoms with Gasteiger partial charge in [0.1, 0.15) is 0 Å². The summed E-state index contributed by atoms with van der Waals surface area (Å²) in [5.74, 6) is 0.0725. The van der Waals surface area contributed by atoms with Gasteiger partial charge in [0.2, 0.25) is 10.0 Å². The molecule has 3 N–H and O–H groups in total. The van der Waals surface area contributed by atoms with E-state index in [4.69, 9.17) is 10.5 Å². The third kappa shape index (κ3) is 5.85. The summed E-state index contributed by atoms with van der Waals surface area (Å²) >= 11 is 0. The predicted molar refractivity (Wildman–Crippen MR) is 82.6 cm³/mol. The molecule has 0 amide bonds. The molecule has 120 valence electrons. The first-order valence-corrected chi connectivity index (χ1v) is 9.02. The van der Waals surface area contributed by atoms with Crippen LogP contribution in [0, 0.1) is 0 Å². The monoisotopic (exact) mass is 326 g/mol. The van der Waals surface area contributed by atoms with Crippen molar-refractivity contribution in [3.8, 4) is 0 Å². The van der Waals surface area contributed by atoms with E-state index in [1.165, 1.54) is 12.8 Å². The van der Waals surface area contributed by atoms with E-state index >= 15 is 0 Å². The van der Waals surface area contributed by atoms with E-state index < -0.39 is 10.0 Å². The Bertz CT molecular complexity index is 375. The van der Waals surface area contributed by atoms with E-state index in [1.54, 1.807) is 0 Å². The minimum absolute atomic E-state index is 0. The van der Waals surface area contributed by atoms with Gasteiger partial charge < -0.3 is 10.5 Å². The van der Waals surface area contributed by atoms with Crippen molar-refractivity contribution < 1.29 is 13.2 Å². The van der Waals surface area contributed by atoms with Crippen molar-refractivity contribution in [2.24, 2.45) is 5.73 Å². The number of rotatable bonds is 5. The number of nitrogens with one attached hydrogen (secondary N) is 1. The van der Waals surface area contributed by atoms with Crippen LogP contribution in [0.2, 0.25) is 0 Å². The van der Waals surface area contributed by atoms with Crippen LogP contribution in [-0.4, -0.2) is 39.0 Å². The lowest BCUT2D eigenvalue weighted by Crippen LogP contribution is -2.50. The van der Waals surface area contributed by atoms with Gasteiger partial charge in [0.05, 0.1) is 11.9 Å². The third-order valence-electron chi connectivity index (χ3n) is 4.17. The highest BCUT2D eigenvalue weighted by Gasteiger charge is 2.29. The number of halogens is 1. The van der Waals surface area contributed by atoms with Crippen LogP contribution in [0.25, 0.3) is 0 Å². The highest BCUT2D eigenvalue weighted by molar-refractivity contribution is 7.89. The molecule has 2 rings (SSSR count). The number of hydrogen-bond donors (Lipinski definition) is 2. The van der Waals surface area contributed by atoms with E-state index in [0.29, 0.717) is 13.2 Å². The first kappa shape index (κ1) is 18.2. The molecule has 0 bridgehead atoms. The van der Waals surface area contributed by atoms with Crippen molar-refractivity contribution in [3.05, 3.63) is 0 Å². The minimum Gasteiger partial charge on any atom is -0.377 e. The summed E-state index contributed by atoms with van der Waals surface area (Å²) in [7, 11) is -3.27. The van der Waals surface area contributed by atoms with Crippen LogP contribution in [0.4, 0.5) is 0 Å². The minimum atomic E-state index is -3.27. The molecule has 0 spiro atoms. The van der Waals surface area contributed by atoms with Crippen molar-refractivity contribution in [2.75, 3.05) is 18.9 Å². The Balaban J connectivity index is 0.00000200. The van der Waals surface area contributed by atoms with Crippen molar-refractivity contribution in [1.29, 1.82) is 0 Å². The summed E-state index contributed by atoms with van der Waals surface area (Å²) in [6.45, 7) is 1.04. The quantitative estimate of drug-likeness (QED) is 0.751. The van der Waals surface area contributed by atoms with Gasteiger partial charge in [-0.1, -0.05) is 25.7 Å². The van der Waals surface area contributed by atoms with Gasteiger partial charge in [0.25, 0.3) is 0 Å². The molecule has 20 heavy (non-hydrogen) atoms. The van der Waals surface area contributed by atoms with Crippen LogP contribution >= 0.6 is 12.4 Å². The summed E-state index contributed by atoms with van der Waals surface area (Å²) in [6.07, 6.45) is 8.11. The molecule has 0 radical (unpaired) electrons. The fraction of sp³-hybridized carbons (Fsp3) is 1.00. The highest BCUT2D eigenvalue weighted by atomic mass is 35.5. The summed E-state index contributed by atoms with van der Waals surface area (Å²) in [5, 5.41) is 0. The van der Waals surface area contributed by atoms with Gasteiger partial charge in [-0.3, -0.25) is 0 Å². The molecule has 0 aromatic rings. The largest absolute Gasteiger partial charge is 0.377 e. The fourth-order valence-corrected chi connectivity index (χ4v) is 4.32. The topological polar surface area (TPSA) is 81.4 Å². The smallest absolute Gasteiger partial charge is 0.214 e. The predicted octanol–water partition coefficient (Wildman–Crippen LogP) is 1.56. The lowest BCUT2D eigenvalue weighted by molar-refractivity contribution is 0.127. The Hall–Kier alpha value is 0.120. The zero-order chi connectivity index (χ0) is 13.8. The van der Waals surface area contributed by atoms with Crippen molar-refractivity contribution in [2.45, 2.75) is 63.0 Å².